The Hall–Kier alpha value is -1.55. The van der Waals surface area contributed by atoms with Gasteiger partial charge in [0.15, 0.2) is 0 Å². The highest BCUT2D eigenvalue weighted by Gasteiger charge is 2.20. The first kappa shape index (κ1) is 16.5. The zero-order valence-corrected chi connectivity index (χ0v) is 13.2. The summed E-state index contributed by atoms with van der Waals surface area (Å²) in [4.78, 5) is 13.9. The molecule has 1 aromatic rings. The van der Waals surface area contributed by atoms with Crippen molar-refractivity contribution in [3.8, 4) is 0 Å². The number of esters is 1. The highest BCUT2D eigenvalue weighted by atomic mass is 16.5. The Kier molecular flexibility index (Phi) is 6.52. The van der Waals surface area contributed by atoms with Gasteiger partial charge in [0, 0.05) is 19.3 Å². The summed E-state index contributed by atoms with van der Waals surface area (Å²) in [5.41, 5.74) is 3.57. The van der Waals surface area contributed by atoms with E-state index in [4.69, 9.17) is 4.74 Å². The molecule has 1 unspecified atom stereocenters. The van der Waals surface area contributed by atoms with Gasteiger partial charge in [0.1, 0.15) is 6.04 Å². The number of hydrogen-bond acceptors (Lipinski definition) is 4. The second-order valence-corrected chi connectivity index (χ2v) is 5.26. The number of nitrogens with zero attached hydrogens (tertiary/aromatic N) is 1. The van der Waals surface area contributed by atoms with E-state index in [1.54, 1.807) is 0 Å². The Labute approximate surface area is 122 Å². The number of carbonyl (C=O) groups is 1. The smallest absolute Gasteiger partial charge is 0.324 e. The Morgan fingerprint density at radius 3 is 2.40 bits per heavy atom. The fourth-order valence-corrected chi connectivity index (χ4v) is 2.23. The van der Waals surface area contributed by atoms with Gasteiger partial charge < -0.3 is 15.0 Å². The van der Waals surface area contributed by atoms with Crippen LogP contribution in [0, 0.1) is 13.8 Å². The molecule has 0 heterocycles. The number of nitrogens with one attached hydrogen (secondary N) is 1. The lowest BCUT2D eigenvalue weighted by atomic mass is 10.1. The summed E-state index contributed by atoms with van der Waals surface area (Å²) >= 11 is 0. The molecule has 0 aromatic heterocycles. The fraction of sp³-hybridized carbons (Fsp3) is 0.562. The van der Waals surface area contributed by atoms with Crippen LogP contribution in [0.3, 0.4) is 0 Å². The molecule has 0 aliphatic carbocycles. The van der Waals surface area contributed by atoms with E-state index in [0.717, 1.165) is 18.7 Å². The van der Waals surface area contributed by atoms with Crippen molar-refractivity contribution in [3.05, 3.63) is 29.3 Å². The maximum atomic E-state index is 11.8. The number of anilines is 1. The van der Waals surface area contributed by atoms with Crippen LogP contribution in [0.4, 0.5) is 5.69 Å². The van der Waals surface area contributed by atoms with Crippen LogP contribution in [-0.4, -0.2) is 39.3 Å². The van der Waals surface area contributed by atoms with Crippen LogP contribution < -0.4 is 10.2 Å². The molecule has 112 valence electrons. The van der Waals surface area contributed by atoms with Crippen LogP contribution in [0.15, 0.2) is 18.2 Å². The van der Waals surface area contributed by atoms with E-state index in [-0.39, 0.29) is 12.0 Å². The predicted molar refractivity (Wildman–Crippen MR) is 83.3 cm³/mol. The van der Waals surface area contributed by atoms with E-state index in [9.17, 15) is 4.79 Å². The second kappa shape index (κ2) is 7.90. The maximum absolute atomic E-state index is 11.8. The van der Waals surface area contributed by atoms with Crippen LogP contribution in [0.2, 0.25) is 0 Å². The SMILES string of the molecule is CCCNC(CN(C)c1cc(C)cc(C)c1)C(=O)OC. The Morgan fingerprint density at radius 2 is 1.90 bits per heavy atom. The number of methoxy groups -OCH3 is 1. The summed E-state index contributed by atoms with van der Waals surface area (Å²) in [7, 11) is 3.43. The summed E-state index contributed by atoms with van der Waals surface area (Å²) < 4.78 is 4.87. The molecule has 1 rings (SSSR count). The van der Waals surface area contributed by atoms with Crippen molar-refractivity contribution in [1.82, 2.24) is 5.32 Å². The largest absolute Gasteiger partial charge is 0.468 e. The standard InChI is InChI=1S/C16H26N2O2/c1-6-7-17-15(16(19)20-5)11-18(4)14-9-12(2)8-13(3)10-14/h8-10,15,17H,6-7,11H2,1-5H3. The molecule has 0 spiro atoms. The summed E-state index contributed by atoms with van der Waals surface area (Å²) in [6.45, 7) is 7.64. The first-order valence-electron chi connectivity index (χ1n) is 7.08. The third kappa shape index (κ3) is 4.85. The molecule has 1 N–H and O–H groups in total. The first-order valence-corrected chi connectivity index (χ1v) is 7.08. The molecule has 0 aliphatic heterocycles. The van der Waals surface area contributed by atoms with E-state index in [2.05, 4.69) is 49.2 Å². The molecule has 4 heteroatoms. The second-order valence-electron chi connectivity index (χ2n) is 5.26. The lowest BCUT2D eigenvalue weighted by molar-refractivity contribution is -0.142. The van der Waals surface area contributed by atoms with E-state index >= 15 is 0 Å². The Bertz CT molecular complexity index is 426. The fourth-order valence-electron chi connectivity index (χ4n) is 2.23. The van der Waals surface area contributed by atoms with Gasteiger partial charge in [-0.25, -0.2) is 0 Å². The average Bonchev–Trinajstić information content (AvgIpc) is 2.41. The maximum Gasteiger partial charge on any atom is 0.324 e. The minimum absolute atomic E-state index is 0.213. The van der Waals surface area contributed by atoms with Crippen LogP contribution in [0.1, 0.15) is 24.5 Å². The van der Waals surface area contributed by atoms with Crippen molar-refractivity contribution in [1.29, 1.82) is 0 Å². The van der Waals surface area contributed by atoms with Gasteiger partial charge in [0.2, 0.25) is 0 Å². The highest BCUT2D eigenvalue weighted by molar-refractivity contribution is 5.76. The van der Waals surface area contributed by atoms with Crippen molar-refractivity contribution in [2.75, 3.05) is 32.1 Å². The molecular formula is C16H26N2O2. The predicted octanol–water partition coefficient (Wildman–Crippen LogP) is 2.28. The molecular weight excluding hydrogens is 252 g/mol. The highest BCUT2D eigenvalue weighted by Crippen LogP contribution is 2.17. The number of carbonyl (C=O) groups excluding carboxylic acids is 1. The first-order chi connectivity index (χ1) is 9.47. The van der Waals surface area contributed by atoms with Crippen LogP contribution >= 0.6 is 0 Å². The average molecular weight is 278 g/mol. The van der Waals surface area contributed by atoms with Gasteiger partial charge in [-0.05, 0) is 50.1 Å². The quantitative estimate of drug-likeness (QED) is 0.777. The molecule has 1 aromatic carbocycles. The lowest BCUT2D eigenvalue weighted by Gasteiger charge is -2.25. The van der Waals surface area contributed by atoms with Gasteiger partial charge in [-0.15, -0.1) is 0 Å². The zero-order valence-electron chi connectivity index (χ0n) is 13.2. The van der Waals surface area contributed by atoms with E-state index in [0.29, 0.717) is 6.54 Å². The van der Waals surface area contributed by atoms with E-state index < -0.39 is 0 Å². The Balaban J connectivity index is 2.78. The Morgan fingerprint density at radius 1 is 1.30 bits per heavy atom. The molecule has 1 atom stereocenters. The van der Waals surface area contributed by atoms with Gasteiger partial charge in [0.25, 0.3) is 0 Å². The molecule has 0 bridgehead atoms. The van der Waals surface area contributed by atoms with Crippen molar-refractivity contribution in [2.45, 2.75) is 33.2 Å². The molecule has 20 heavy (non-hydrogen) atoms. The molecule has 0 saturated heterocycles. The molecule has 4 nitrogen and oxygen atoms in total. The van der Waals surface area contributed by atoms with Crippen molar-refractivity contribution in [3.63, 3.8) is 0 Å². The van der Waals surface area contributed by atoms with Crippen LogP contribution in [0.5, 0.6) is 0 Å². The molecule has 0 saturated carbocycles. The van der Waals surface area contributed by atoms with Crippen LogP contribution in [0.25, 0.3) is 0 Å². The van der Waals surface area contributed by atoms with Crippen molar-refractivity contribution >= 4 is 11.7 Å². The van der Waals surface area contributed by atoms with Gasteiger partial charge in [0.05, 0.1) is 7.11 Å². The van der Waals surface area contributed by atoms with E-state index in [1.165, 1.54) is 18.2 Å². The number of benzene rings is 1. The number of aryl methyl sites for hydroxylation is 2. The minimum atomic E-state index is -0.300. The molecule has 0 fully saturated rings. The molecule has 0 radical (unpaired) electrons. The minimum Gasteiger partial charge on any atom is -0.468 e. The van der Waals surface area contributed by atoms with Gasteiger partial charge in [-0.1, -0.05) is 13.0 Å². The van der Waals surface area contributed by atoms with Gasteiger partial charge >= 0.3 is 5.97 Å². The number of rotatable bonds is 7. The third-order valence-electron chi connectivity index (χ3n) is 3.23. The monoisotopic (exact) mass is 278 g/mol. The summed E-state index contributed by atoms with van der Waals surface area (Å²) in [5.74, 6) is -0.213. The van der Waals surface area contributed by atoms with Gasteiger partial charge in [-0.3, -0.25) is 4.79 Å². The zero-order chi connectivity index (χ0) is 15.1. The molecule has 0 aliphatic rings. The third-order valence-corrected chi connectivity index (χ3v) is 3.23. The number of likely N-dealkylation sites (N-methyl/N-ethyl adjacent to an activating group) is 1. The van der Waals surface area contributed by atoms with Gasteiger partial charge in [-0.2, -0.15) is 0 Å². The summed E-state index contributed by atoms with van der Waals surface area (Å²) in [5, 5.41) is 3.23. The van der Waals surface area contributed by atoms with Crippen LogP contribution in [-0.2, 0) is 9.53 Å². The van der Waals surface area contributed by atoms with Crippen molar-refractivity contribution < 1.29 is 9.53 Å². The summed E-state index contributed by atoms with van der Waals surface area (Å²) in [6, 6.07) is 6.10. The number of ether oxygens (including phenoxy) is 1. The number of hydrogen-bond donors (Lipinski definition) is 1. The topological polar surface area (TPSA) is 41.6 Å². The lowest BCUT2D eigenvalue weighted by Crippen LogP contribution is -2.46. The van der Waals surface area contributed by atoms with Crippen molar-refractivity contribution in [2.24, 2.45) is 0 Å². The molecule has 0 amide bonds. The van der Waals surface area contributed by atoms with E-state index in [1.807, 2.05) is 7.05 Å². The summed E-state index contributed by atoms with van der Waals surface area (Å²) in [6.07, 6.45) is 0.987. The normalized spacial score (nSPS) is 12.1.